The number of ether oxygens (including phenoxy) is 1. The molecule has 6 heteroatoms. The van der Waals surface area contributed by atoms with E-state index in [4.69, 9.17) is 4.74 Å². The third kappa shape index (κ3) is 3.76. The van der Waals surface area contributed by atoms with Crippen molar-refractivity contribution in [1.29, 1.82) is 0 Å². The largest absolute Gasteiger partial charge is 0.497 e. The summed E-state index contributed by atoms with van der Waals surface area (Å²) in [7, 11) is 3.26. The Bertz CT molecular complexity index is 547. The Morgan fingerprint density at radius 1 is 1.36 bits per heavy atom. The summed E-state index contributed by atoms with van der Waals surface area (Å²) in [5, 5.41) is 2.69. The lowest BCUT2D eigenvalue weighted by Crippen LogP contribution is -2.59. The van der Waals surface area contributed by atoms with Crippen molar-refractivity contribution >= 4 is 11.8 Å². The number of nitrogens with zero attached hydrogens (tertiary/aromatic N) is 2. The molecule has 0 bridgehead atoms. The van der Waals surface area contributed by atoms with Crippen LogP contribution in [0.4, 0.5) is 0 Å². The van der Waals surface area contributed by atoms with Crippen LogP contribution in [0.1, 0.15) is 12.5 Å². The van der Waals surface area contributed by atoms with Crippen LogP contribution in [0.15, 0.2) is 24.3 Å². The summed E-state index contributed by atoms with van der Waals surface area (Å²) in [6.07, 6.45) is 0. The molecular weight excluding hydrogens is 282 g/mol. The van der Waals surface area contributed by atoms with E-state index < -0.39 is 0 Å². The van der Waals surface area contributed by atoms with Gasteiger partial charge in [0.15, 0.2) is 0 Å². The number of hydrogen-bond donors (Lipinski definition) is 1. The maximum absolute atomic E-state index is 12.1. The summed E-state index contributed by atoms with van der Waals surface area (Å²) < 4.78 is 5.24. The van der Waals surface area contributed by atoms with Crippen molar-refractivity contribution in [3.63, 3.8) is 0 Å². The fourth-order valence-corrected chi connectivity index (χ4v) is 2.72. The molecule has 0 aliphatic carbocycles. The van der Waals surface area contributed by atoms with Crippen molar-refractivity contribution in [3.05, 3.63) is 29.8 Å². The molecule has 1 aliphatic heterocycles. The first-order valence-electron chi connectivity index (χ1n) is 7.39. The van der Waals surface area contributed by atoms with Gasteiger partial charge in [0.05, 0.1) is 7.11 Å². The molecule has 1 aromatic rings. The van der Waals surface area contributed by atoms with Crippen molar-refractivity contribution in [3.8, 4) is 5.75 Å². The number of nitrogens with one attached hydrogen (secondary N) is 1. The summed E-state index contributed by atoms with van der Waals surface area (Å²) in [6.45, 7) is 3.94. The highest BCUT2D eigenvalue weighted by molar-refractivity contribution is 5.83. The van der Waals surface area contributed by atoms with Crippen LogP contribution in [-0.2, 0) is 16.1 Å². The normalized spacial score (nSPS) is 18.9. The number of carbonyl (C=O) groups excluding carboxylic acids is 2. The molecule has 1 N–H and O–H groups in total. The first-order chi connectivity index (χ1) is 10.5. The quantitative estimate of drug-likeness (QED) is 0.878. The lowest BCUT2D eigenvalue weighted by atomic mass is 10.1. The van der Waals surface area contributed by atoms with Crippen molar-refractivity contribution < 1.29 is 14.3 Å². The van der Waals surface area contributed by atoms with Crippen molar-refractivity contribution in [1.82, 2.24) is 15.1 Å². The summed E-state index contributed by atoms with van der Waals surface area (Å²) in [5.41, 5.74) is 1.09. The standard InChI is InChI=1S/C16H23N3O3/c1-12(20)18-7-8-19(15(11-18)16(21)17-2)10-13-5-4-6-14(9-13)22-3/h4-6,9,15H,7-8,10-11H2,1-3H3,(H,17,21). The zero-order chi connectivity index (χ0) is 16.1. The Morgan fingerprint density at radius 3 is 2.77 bits per heavy atom. The first kappa shape index (κ1) is 16.3. The minimum absolute atomic E-state index is 0.00920. The lowest BCUT2D eigenvalue weighted by Gasteiger charge is -2.40. The molecule has 1 fully saturated rings. The first-order valence-corrected chi connectivity index (χ1v) is 7.39. The van der Waals surface area contributed by atoms with Gasteiger partial charge in [0, 0.05) is 40.2 Å². The number of piperazine rings is 1. The zero-order valence-electron chi connectivity index (χ0n) is 13.3. The van der Waals surface area contributed by atoms with Crippen LogP contribution in [0, 0.1) is 0 Å². The average molecular weight is 305 g/mol. The second-order valence-corrected chi connectivity index (χ2v) is 5.42. The maximum atomic E-state index is 12.1. The highest BCUT2D eigenvalue weighted by Gasteiger charge is 2.32. The smallest absolute Gasteiger partial charge is 0.238 e. The number of benzene rings is 1. The molecule has 1 heterocycles. The molecule has 1 aliphatic rings. The molecule has 0 saturated carbocycles. The van der Waals surface area contributed by atoms with Gasteiger partial charge < -0.3 is 15.0 Å². The van der Waals surface area contributed by atoms with Crippen LogP contribution < -0.4 is 10.1 Å². The van der Waals surface area contributed by atoms with Gasteiger partial charge in [-0.15, -0.1) is 0 Å². The number of methoxy groups -OCH3 is 1. The number of hydrogen-bond acceptors (Lipinski definition) is 4. The van der Waals surface area contributed by atoms with E-state index in [0.717, 1.165) is 11.3 Å². The van der Waals surface area contributed by atoms with Gasteiger partial charge in [-0.3, -0.25) is 14.5 Å². The number of carbonyl (C=O) groups is 2. The van der Waals surface area contributed by atoms with Gasteiger partial charge >= 0.3 is 0 Å². The van der Waals surface area contributed by atoms with Crippen LogP contribution in [0.5, 0.6) is 5.75 Å². The number of rotatable bonds is 4. The summed E-state index contributed by atoms with van der Waals surface area (Å²) >= 11 is 0. The summed E-state index contributed by atoms with van der Waals surface area (Å²) in [5.74, 6) is 0.750. The van der Waals surface area contributed by atoms with Crippen LogP contribution in [0.2, 0.25) is 0 Å². The monoisotopic (exact) mass is 305 g/mol. The van der Waals surface area contributed by atoms with Gasteiger partial charge in [-0.05, 0) is 17.7 Å². The summed E-state index contributed by atoms with van der Waals surface area (Å²) in [6, 6.07) is 7.50. The van der Waals surface area contributed by atoms with Gasteiger partial charge in [-0.2, -0.15) is 0 Å². The molecule has 1 aromatic carbocycles. The molecule has 0 aromatic heterocycles. The summed E-state index contributed by atoms with van der Waals surface area (Å²) in [4.78, 5) is 27.5. The molecule has 2 rings (SSSR count). The topological polar surface area (TPSA) is 61.9 Å². The van der Waals surface area contributed by atoms with E-state index in [-0.39, 0.29) is 17.9 Å². The predicted octanol–water partition coefficient (Wildman–Crippen LogP) is 0.474. The van der Waals surface area contributed by atoms with E-state index in [1.165, 1.54) is 0 Å². The van der Waals surface area contributed by atoms with Gasteiger partial charge in [-0.25, -0.2) is 0 Å². The van der Waals surface area contributed by atoms with Crippen molar-refractivity contribution in [2.45, 2.75) is 19.5 Å². The Labute approximate surface area is 131 Å². The minimum Gasteiger partial charge on any atom is -0.497 e. The van der Waals surface area contributed by atoms with Gasteiger partial charge in [0.1, 0.15) is 11.8 Å². The highest BCUT2D eigenvalue weighted by Crippen LogP contribution is 2.18. The van der Waals surface area contributed by atoms with Gasteiger partial charge in [-0.1, -0.05) is 12.1 Å². The lowest BCUT2D eigenvalue weighted by molar-refractivity contribution is -0.136. The van der Waals surface area contributed by atoms with Gasteiger partial charge in [0.2, 0.25) is 11.8 Å². The van der Waals surface area contributed by atoms with Crippen LogP contribution in [0.3, 0.4) is 0 Å². The second-order valence-electron chi connectivity index (χ2n) is 5.42. The van der Waals surface area contributed by atoms with E-state index in [1.807, 2.05) is 24.3 Å². The Morgan fingerprint density at radius 2 is 2.14 bits per heavy atom. The Balaban J connectivity index is 2.13. The fraction of sp³-hybridized carbons (Fsp3) is 0.500. The fourth-order valence-electron chi connectivity index (χ4n) is 2.72. The van der Waals surface area contributed by atoms with Crippen molar-refractivity contribution in [2.75, 3.05) is 33.8 Å². The molecule has 22 heavy (non-hydrogen) atoms. The highest BCUT2D eigenvalue weighted by atomic mass is 16.5. The number of amides is 2. The molecule has 1 atom stereocenters. The van der Waals surface area contributed by atoms with E-state index in [0.29, 0.717) is 26.2 Å². The van der Waals surface area contributed by atoms with Crippen molar-refractivity contribution in [2.24, 2.45) is 0 Å². The zero-order valence-corrected chi connectivity index (χ0v) is 13.3. The maximum Gasteiger partial charge on any atom is 0.238 e. The van der Waals surface area contributed by atoms with E-state index in [2.05, 4.69) is 10.2 Å². The third-order valence-electron chi connectivity index (χ3n) is 4.01. The van der Waals surface area contributed by atoms with E-state index in [9.17, 15) is 9.59 Å². The Kier molecular flexibility index (Phi) is 5.38. The Hall–Kier alpha value is -2.08. The molecule has 0 radical (unpaired) electrons. The predicted molar refractivity (Wildman–Crippen MR) is 83.5 cm³/mol. The molecule has 2 amide bonds. The molecule has 1 saturated heterocycles. The van der Waals surface area contributed by atoms with Crippen LogP contribution in [0.25, 0.3) is 0 Å². The third-order valence-corrected chi connectivity index (χ3v) is 4.01. The minimum atomic E-state index is -0.325. The molecular formula is C16H23N3O3. The van der Waals surface area contributed by atoms with E-state index in [1.54, 1.807) is 26.0 Å². The molecule has 120 valence electrons. The second kappa shape index (κ2) is 7.26. The molecule has 0 spiro atoms. The van der Waals surface area contributed by atoms with Gasteiger partial charge in [0.25, 0.3) is 0 Å². The molecule has 1 unspecified atom stereocenters. The molecule has 6 nitrogen and oxygen atoms in total. The number of likely N-dealkylation sites (N-methyl/N-ethyl adjacent to an activating group) is 1. The SMILES string of the molecule is CNC(=O)C1CN(C(C)=O)CCN1Cc1cccc(OC)c1. The van der Waals surface area contributed by atoms with Crippen LogP contribution in [-0.4, -0.2) is 61.4 Å². The average Bonchev–Trinajstić information content (AvgIpc) is 2.54. The van der Waals surface area contributed by atoms with Crippen LogP contribution >= 0.6 is 0 Å². The van der Waals surface area contributed by atoms with E-state index >= 15 is 0 Å².